The average Bonchev–Trinajstić information content (AvgIpc) is 3.33. The summed E-state index contributed by atoms with van der Waals surface area (Å²) >= 11 is 0. The van der Waals surface area contributed by atoms with Crippen molar-refractivity contribution >= 4 is 23.0 Å². The Balaban J connectivity index is 1.38. The van der Waals surface area contributed by atoms with E-state index in [9.17, 15) is 9.59 Å². The van der Waals surface area contributed by atoms with Crippen LogP contribution in [0, 0.1) is 0 Å². The quantitative estimate of drug-likeness (QED) is 0.707. The van der Waals surface area contributed by atoms with E-state index in [1.54, 1.807) is 4.90 Å². The lowest BCUT2D eigenvalue weighted by atomic mass is 9.98. The van der Waals surface area contributed by atoms with Gasteiger partial charge in [-0.05, 0) is 25.0 Å². The first-order valence-corrected chi connectivity index (χ1v) is 8.61. The minimum atomic E-state index is -0.784. The van der Waals surface area contributed by atoms with E-state index in [1.807, 2.05) is 24.3 Å². The molecule has 1 aliphatic rings. The minimum Gasteiger partial charge on any atom is -0.440 e. The third-order valence-electron chi connectivity index (χ3n) is 4.45. The van der Waals surface area contributed by atoms with Gasteiger partial charge in [0.2, 0.25) is 5.89 Å². The normalized spacial score (nSPS) is 17.2. The summed E-state index contributed by atoms with van der Waals surface area (Å²) < 4.78 is 10.7. The standard InChI is InChI=1S/C17H18N6O4/c18-14(24)15-21-13(27-22-15)8-19-17(25)23-7-3-4-10(9-23)16-20-11-5-1-2-6-12(11)26-16/h1-2,5-6,10H,3-4,7-9H2,(H2,18,24)(H,19,25)/t10-/m1/s1. The number of fused-ring (bicyclic) bond motifs is 1. The second kappa shape index (κ2) is 7.06. The van der Waals surface area contributed by atoms with Gasteiger partial charge in [0, 0.05) is 13.1 Å². The number of urea groups is 1. The first kappa shape index (κ1) is 17.0. The Bertz CT molecular complexity index is 948. The summed E-state index contributed by atoms with van der Waals surface area (Å²) in [5, 5.41) is 6.14. The molecule has 2 aromatic heterocycles. The molecule has 1 atom stereocenters. The van der Waals surface area contributed by atoms with Crippen molar-refractivity contribution < 1.29 is 18.5 Å². The summed E-state index contributed by atoms with van der Waals surface area (Å²) in [4.78, 5) is 33.5. The van der Waals surface area contributed by atoms with E-state index in [2.05, 4.69) is 20.4 Å². The van der Waals surface area contributed by atoms with Crippen LogP contribution in [-0.2, 0) is 6.54 Å². The van der Waals surface area contributed by atoms with Gasteiger partial charge < -0.3 is 24.9 Å². The van der Waals surface area contributed by atoms with Crippen LogP contribution in [0.2, 0.25) is 0 Å². The van der Waals surface area contributed by atoms with E-state index in [0.29, 0.717) is 19.0 Å². The molecule has 3 aromatic rings. The van der Waals surface area contributed by atoms with E-state index in [-0.39, 0.29) is 30.2 Å². The molecule has 4 rings (SSSR count). The fraction of sp³-hybridized carbons (Fsp3) is 0.353. The number of nitrogens with zero attached hydrogens (tertiary/aromatic N) is 4. The molecule has 0 radical (unpaired) electrons. The predicted molar refractivity (Wildman–Crippen MR) is 92.6 cm³/mol. The number of amides is 3. The van der Waals surface area contributed by atoms with Crippen molar-refractivity contribution in [2.45, 2.75) is 25.3 Å². The molecule has 27 heavy (non-hydrogen) atoms. The van der Waals surface area contributed by atoms with Crippen LogP contribution in [0.3, 0.4) is 0 Å². The Morgan fingerprint density at radius 3 is 2.93 bits per heavy atom. The van der Waals surface area contributed by atoms with Gasteiger partial charge in [-0.3, -0.25) is 4.79 Å². The van der Waals surface area contributed by atoms with Gasteiger partial charge in [0.25, 0.3) is 11.7 Å². The highest BCUT2D eigenvalue weighted by atomic mass is 16.5. The van der Waals surface area contributed by atoms with Gasteiger partial charge in [0.1, 0.15) is 5.52 Å². The highest BCUT2D eigenvalue weighted by molar-refractivity contribution is 5.88. The lowest BCUT2D eigenvalue weighted by Crippen LogP contribution is -2.44. The molecule has 3 N–H and O–H groups in total. The predicted octanol–water partition coefficient (Wildman–Crippen LogP) is 1.40. The van der Waals surface area contributed by atoms with Crippen molar-refractivity contribution in [3.8, 4) is 0 Å². The molecule has 0 bridgehead atoms. The maximum atomic E-state index is 12.4. The minimum absolute atomic E-state index is 0.0170. The second-order valence-corrected chi connectivity index (χ2v) is 6.34. The van der Waals surface area contributed by atoms with Crippen LogP contribution in [0.1, 0.15) is 41.2 Å². The van der Waals surface area contributed by atoms with Crippen molar-refractivity contribution in [1.29, 1.82) is 0 Å². The molecule has 10 nitrogen and oxygen atoms in total. The third-order valence-corrected chi connectivity index (χ3v) is 4.45. The smallest absolute Gasteiger partial charge is 0.317 e. The molecule has 1 fully saturated rings. The first-order valence-electron chi connectivity index (χ1n) is 8.61. The number of carbonyl (C=O) groups is 2. The van der Waals surface area contributed by atoms with Crippen LogP contribution in [0.15, 0.2) is 33.2 Å². The van der Waals surface area contributed by atoms with Gasteiger partial charge in [0.15, 0.2) is 11.5 Å². The number of aromatic nitrogens is 3. The molecular weight excluding hydrogens is 352 g/mol. The Morgan fingerprint density at radius 2 is 2.15 bits per heavy atom. The zero-order valence-electron chi connectivity index (χ0n) is 14.4. The summed E-state index contributed by atoms with van der Waals surface area (Å²) in [5.74, 6) is -0.190. The molecule has 1 saturated heterocycles. The summed E-state index contributed by atoms with van der Waals surface area (Å²) in [7, 11) is 0. The van der Waals surface area contributed by atoms with E-state index < -0.39 is 5.91 Å². The number of rotatable bonds is 4. The van der Waals surface area contributed by atoms with Crippen LogP contribution in [0.5, 0.6) is 0 Å². The van der Waals surface area contributed by atoms with Gasteiger partial charge in [0.05, 0.1) is 12.5 Å². The van der Waals surface area contributed by atoms with Gasteiger partial charge >= 0.3 is 6.03 Å². The Morgan fingerprint density at radius 1 is 1.30 bits per heavy atom. The number of para-hydroxylation sites is 2. The number of oxazole rings is 1. The fourth-order valence-electron chi connectivity index (χ4n) is 3.12. The average molecular weight is 370 g/mol. The number of carbonyl (C=O) groups excluding carboxylic acids is 2. The van der Waals surface area contributed by atoms with Crippen molar-refractivity contribution in [2.24, 2.45) is 5.73 Å². The molecule has 3 heterocycles. The largest absolute Gasteiger partial charge is 0.440 e. The van der Waals surface area contributed by atoms with Gasteiger partial charge in [-0.2, -0.15) is 4.98 Å². The first-order chi connectivity index (χ1) is 13.1. The van der Waals surface area contributed by atoms with Crippen molar-refractivity contribution in [3.63, 3.8) is 0 Å². The Labute approximate surface area is 153 Å². The lowest BCUT2D eigenvalue weighted by molar-refractivity contribution is 0.0987. The zero-order chi connectivity index (χ0) is 18.8. The molecular formula is C17H18N6O4. The molecule has 0 saturated carbocycles. The Hall–Kier alpha value is -3.43. The SMILES string of the molecule is NC(=O)c1noc(CNC(=O)N2CCC[C@@H](c3nc4ccccc4o3)C2)n1. The van der Waals surface area contributed by atoms with Crippen LogP contribution >= 0.6 is 0 Å². The molecule has 0 spiro atoms. The number of nitrogens with two attached hydrogens (primary N) is 1. The zero-order valence-corrected chi connectivity index (χ0v) is 14.4. The molecule has 0 unspecified atom stereocenters. The van der Waals surface area contributed by atoms with E-state index in [0.717, 1.165) is 23.9 Å². The highest BCUT2D eigenvalue weighted by Gasteiger charge is 2.28. The summed E-state index contributed by atoms with van der Waals surface area (Å²) in [6.45, 7) is 1.16. The van der Waals surface area contributed by atoms with Gasteiger partial charge in [-0.1, -0.05) is 17.3 Å². The lowest BCUT2D eigenvalue weighted by Gasteiger charge is -2.31. The van der Waals surface area contributed by atoms with Crippen molar-refractivity contribution in [2.75, 3.05) is 13.1 Å². The third kappa shape index (κ3) is 3.59. The van der Waals surface area contributed by atoms with E-state index in [4.69, 9.17) is 14.7 Å². The summed E-state index contributed by atoms with van der Waals surface area (Å²) in [5.41, 5.74) is 6.63. The summed E-state index contributed by atoms with van der Waals surface area (Å²) in [6.07, 6.45) is 1.76. The number of benzene rings is 1. The number of nitrogens with one attached hydrogen (secondary N) is 1. The van der Waals surface area contributed by atoms with E-state index in [1.165, 1.54) is 0 Å². The van der Waals surface area contributed by atoms with Gasteiger partial charge in [-0.15, -0.1) is 0 Å². The fourth-order valence-corrected chi connectivity index (χ4v) is 3.12. The van der Waals surface area contributed by atoms with Crippen LogP contribution in [0.4, 0.5) is 4.79 Å². The molecule has 1 aromatic carbocycles. The van der Waals surface area contributed by atoms with E-state index >= 15 is 0 Å². The van der Waals surface area contributed by atoms with Crippen molar-refractivity contribution in [3.05, 3.63) is 41.9 Å². The monoisotopic (exact) mass is 370 g/mol. The topological polar surface area (TPSA) is 140 Å². The highest BCUT2D eigenvalue weighted by Crippen LogP contribution is 2.28. The molecule has 0 aliphatic carbocycles. The summed E-state index contributed by atoms with van der Waals surface area (Å²) in [6, 6.07) is 7.34. The number of hydrogen-bond donors (Lipinski definition) is 2. The van der Waals surface area contributed by atoms with Crippen LogP contribution < -0.4 is 11.1 Å². The van der Waals surface area contributed by atoms with Crippen LogP contribution in [0.25, 0.3) is 11.1 Å². The molecule has 1 aliphatic heterocycles. The maximum absolute atomic E-state index is 12.4. The number of piperidine rings is 1. The number of hydrogen-bond acceptors (Lipinski definition) is 7. The van der Waals surface area contributed by atoms with Gasteiger partial charge in [-0.25, -0.2) is 9.78 Å². The Kier molecular flexibility index (Phi) is 4.45. The second-order valence-electron chi connectivity index (χ2n) is 6.34. The molecule has 10 heteroatoms. The molecule has 140 valence electrons. The maximum Gasteiger partial charge on any atom is 0.317 e. The number of primary amides is 1. The number of likely N-dealkylation sites (tertiary alicyclic amines) is 1. The van der Waals surface area contributed by atoms with Crippen LogP contribution in [-0.4, -0.2) is 45.1 Å². The van der Waals surface area contributed by atoms with Crippen molar-refractivity contribution in [1.82, 2.24) is 25.3 Å². The molecule has 3 amide bonds.